The van der Waals surface area contributed by atoms with Gasteiger partial charge in [-0.3, -0.25) is 5.43 Å². The van der Waals surface area contributed by atoms with Crippen LogP contribution in [-0.4, -0.2) is 13.5 Å². The molecule has 21 heavy (non-hydrogen) atoms. The molecular weight excluding hydrogens is 306 g/mol. The van der Waals surface area contributed by atoms with Crippen molar-refractivity contribution in [3.05, 3.63) is 60.2 Å². The SMILES string of the molecule is Cc1ccccc1NC(=S)NNS(=O)(=O)c1ccccc1. The van der Waals surface area contributed by atoms with Gasteiger partial charge in [0, 0.05) is 5.69 Å². The van der Waals surface area contributed by atoms with Crippen molar-refractivity contribution >= 4 is 33.0 Å². The van der Waals surface area contributed by atoms with Crippen LogP contribution in [0.25, 0.3) is 0 Å². The number of aryl methyl sites for hydroxylation is 1. The van der Waals surface area contributed by atoms with Gasteiger partial charge >= 0.3 is 0 Å². The van der Waals surface area contributed by atoms with Gasteiger partial charge in [-0.15, -0.1) is 4.83 Å². The van der Waals surface area contributed by atoms with Gasteiger partial charge < -0.3 is 5.32 Å². The maximum Gasteiger partial charge on any atom is 0.257 e. The number of thiocarbonyl (C=S) groups is 1. The molecule has 2 aromatic rings. The lowest BCUT2D eigenvalue weighted by atomic mass is 10.2. The summed E-state index contributed by atoms with van der Waals surface area (Å²) in [6.45, 7) is 1.93. The molecule has 0 saturated carbocycles. The zero-order valence-corrected chi connectivity index (χ0v) is 13.0. The fraction of sp³-hybridized carbons (Fsp3) is 0.0714. The van der Waals surface area contributed by atoms with Crippen LogP contribution in [0.5, 0.6) is 0 Å². The molecule has 5 nitrogen and oxygen atoms in total. The van der Waals surface area contributed by atoms with Crippen molar-refractivity contribution in [3.63, 3.8) is 0 Å². The number of para-hydroxylation sites is 1. The van der Waals surface area contributed by atoms with E-state index in [0.717, 1.165) is 11.3 Å². The largest absolute Gasteiger partial charge is 0.331 e. The maximum atomic E-state index is 12.0. The molecule has 0 aromatic heterocycles. The zero-order chi connectivity index (χ0) is 15.3. The predicted molar refractivity (Wildman–Crippen MR) is 87.3 cm³/mol. The normalized spacial score (nSPS) is 10.9. The highest BCUT2D eigenvalue weighted by molar-refractivity contribution is 7.89. The molecule has 7 heteroatoms. The Morgan fingerprint density at radius 2 is 1.62 bits per heavy atom. The highest BCUT2D eigenvalue weighted by Crippen LogP contribution is 2.12. The smallest absolute Gasteiger partial charge is 0.257 e. The van der Waals surface area contributed by atoms with Crippen LogP contribution in [0.1, 0.15) is 5.56 Å². The highest BCUT2D eigenvalue weighted by atomic mass is 32.2. The van der Waals surface area contributed by atoms with Crippen LogP contribution in [-0.2, 0) is 10.0 Å². The molecule has 2 rings (SSSR count). The minimum absolute atomic E-state index is 0.163. The minimum Gasteiger partial charge on any atom is -0.331 e. The standard InChI is InChI=1S/C14H15N3O2S2/c1-11-7-5-6-10-13(11)15-14(20)16-17-21(18,19)12-8-3-2-4-9-12/h2-10,17H,1H3,(H2,15,16,20). The summed E-state index contributed by atoms with van der Waals surface area (Å²) >= 11 is 5.06. The quantitative estimate of drug-likeness (QED) is 0.595. The van der Waals surface area contributed by atoms with Gasteiger partial charge in [-0.25, -0.2) is 8.42 Å². The number of hydrogen-bond acceptors (Lipinski definition) is 3. The Morgan fingerprint density at radius 3 is 2.29 bits per heavy atom. The van der Waals surface area contributed by atoms with Crippen molar-refractivity contribution in [2.24, 2.45) is 0 Å². The van der Waals surface area contributed by atoms with Gasteiger partial charge in [-0.05, 0) is 42.9 Å². The van der Waals surface area contributed by atoms with E-state index in [4.69, 9.17) is 12.2 Å². The Bertz CT molecular complexity index is 731. The van der Waals surface area contributed by atoms with E-state index in [1.165, 1.54) is 12.1 Å². The van der Waals surface area contributed by atoms with Crippen LogP contribution in [0.2, 0.25) is 0 Å². The van der Waals surface area contributed by atoms with Crippen molar-refractivity contribution in [1.29, 1.82) is 0 Å². The summed E-state index contributed by atoms with van der Waals surface area (Å²) in [5.41, 5.74) is 4.30. The number of hydrogen-bond donors (Lipinski definition) is 3. The van der Waals surface area contributed by atoms with Crippen molar-refractivity contribution in [2.45, 2.75) is 11.8 Å². The van der Waals surface area contributed by atoms with E-state index in [-0.39, 0.29) is 10.0 Å². The van der Waals surface area contributed by atoms with E-state index in [9.17, 15) is 8.42 Å². The van der Waals surface area contributed by atoms with Crippen LogP contribution in [0.4, 0.5) is 5.69 Å². The molecule has 0 aliphatic heterocycles. The number of nitrogens with one attached hydrogen (secondary N) is 3. The van der Waals surface area contributed by atoms with Gasteiger partial charge in [0.2, 0.25) is 0 Å². The van der Waals surface area contributed by atoms with Gasteiger partial charge in [0.05, 0.1) is 4.90 Å². The molecule has 3 N–H and O–H groups in total. The predicted octanol–water partition coefficient (Wildman–Crippen LogP) is 2.17. The number of anilines is 1. The second kappa shape index (κ2) is 6.66. The highest BCUT2D eigenvalue weighted by Gasteiger charge is 2.13. The molecule has 0 fully saturated rings. The summed E-state index contributed by atoms with van der Waals surface area (Å²) in [7, 11) is -3.65. The average molecular weight is 321 g/mol. The molecule has 0 aliphatic carbocycles. The summed E-state index contributed by atoms with van der Waals surface area (Å²) in [5, 5.41) is 3.10. The van der Waals surface area contributed by atoms with Crippen molar-refractivity contribution in [1.82, 2.24) is 10.3 Å². The van der Waals surface area contributed by atoms with Crippen molar-refractivity contribution < 1.29 is 8.42 Å². The summed E-state index contributed by atoms with van der Waals surface area (Å²) < 4.78 is 24.0. The second-order valence-corrected chi connectivity index (χ2v) is 6.40. The molecule has 0 unspecified atom stereocenters. The van der Waals surface area contributed by atoms with E-state index in [1.54, 1.807) is 18.2 Å². The summed E-state index contributed by atoms with van der Waals surface area (Å²) in [6.07, 6.45) is 0. The minimum atomic E-state index is -3.65. The second-order valence-electron chi connectivity index (χ2n) is 4.31. The average Bonchev–Trinajstić information content (AvgIpc) is 2.49. The third-order valence-corrected chi connectivity index (χ3v) is 4.21. The van der Waals surface area contributed by atoms with E-state index in [0.29, 0.717) is 0 Å². The molecule has 0 atom stereocenters. The first-order valence-corrected chi connectivity index (χ1v) is 8.08. The molecule has 0 radical (unpaired) electrons. The van der Waals surface area contributed by atoms with E-state index < -0.39 is 10.0 Å². The fourth-order valence-electron chi connectivity index (χ4n) is 1.64. The number of benzene rings is 2. The Kier molecular flexibility index (Phi) is 4.89. The number of rotatable bonds is 4. The maximum absolute atomic E-state index is 12.0. The summed E-state index contributed by atoms with van der Waals surface area (Å²) in [5.74, 6) is 0. The molecule has 0 heterocycles. The lowest BCUT2D eigenvalue weighted by molar-refractivity contribution is 0.578. The molecular formula is C14H15N3O2S2. The van der Waals surface area contributed by atoms with E-state index >= 15 is 0 Å². The van der Waals surface area contributed by atoms with E-state index in [1.807, 2.05) is 31.2 Å². The Labute approximate surface area is 129 Å². The lowest BCUT2D eigenvalue weighted by Crippen LogP contribution is -2.43. The van der Waals surface area contributed by atoms with Crippen LogP contribution in [0, 0.1) is 6.92 Å². The molecule has 0 aliphatic rings. The van der Waals surface area contributed by atoms with E-state index in [2.05, 4.69) is 15.6 Å². The fourth-order valence-corrected chi connectivity index (χ4v) is 2.73. The van der Waals surface area contributed by atoms with Crippen molar-refractivity contribution in [2.75, 3.05) is 5.32 Å². The first-order chi connectivity index (χ1) is 9.99. The number of sulfonamides is 1. The lowest BCUT2D eigenvalue weighted by Gasteiger charge is -2.13. The van der Waals surface area contributed by atoms with Crippen molar-refractivity contribution in [3.8, 4) is 0 Å². The Balaban J connectivity index is 1.97. The third-order valence-electron chi connectivity index (χ3n) is 2.75. The first-order valence-electron chi connectivity index (χ1n) is 6.18. The molecule has 0 saturated heterocycles. The van der Waals surface area contributed by atoms with Gasteiger partial charge in [-0.1, -0.05) is 36.4 Å². The zero-order valence-electron chi connectivity index (χ0n) is 11.3. The van der Waals surface area contributed by atoms with Crippen LogP contribution < -0.4 is 15.6 Å². The molecule has 0 spiro atoms. The van der Waals surface area contributed by atoms with Gasteiger partial charge in [0.1, 0.15) is 0 Å². The van der Waals surface area contributed by atoms with Crippen LogP contribution in [0.3, 0.4) is 0 Å². The molecule has 2 aromatic carbocycles. The number of hydrazine groups is 1. The first kappa shape index (κ1) is 15.4. The van der Waals surface area contributed by atoms with Gasteiger partial charge in [0.25, 0.3) is 10.0 Å². The van der Waals surface area contributed by atoms with Gasteiger partial charge in [-0.2, -0.15) is 0 Å². The molecule has 0 amide bonds. The Morgan fingerprint density at radius 1 is 1.00 bits per heavy atom. The van der Waals surface area contributed by atoms with Crippen LogP contribution >= 0.6 is 12.2 Å². The monoisotopic (exact) mass is 321 g/mol. The topological polar surface area (TPSA) is 70.2 Å². The Hall–Kier alpha value is -1.96. The molecule has 0 bridgehead atoms. The third kappa shape index (κ3) is 4.25. The van der Waals surface area contributed by atoms with Gasteiger partial charge in [0.15, 0.2) is 5.11 Å². The van der Waals surface area contributed by atoms with Crippen LogP contribution in [0.15, 0.2) is 59.5 Å². The molecule has 110 valence electrons. The summed E-state index contributed by atoms with van der Waals surface area (Å²) in [6, 6.07) is 15.6. The summed E-state index contributed by atoms with van der Waals surface area (Å²) in [4.78, 5) is 2.40.